The minimum Gasteiger partial charge on any atom is -0.241 e. The second-order valence-corrected chi connectivity index (χ2v) is 5.55. The van der Waals surface area contributed by atoms with Crippen molar-refractivity contribution in [1.29, 1.82) is 0 Å². The maximum atomic E-state index is 4.42. The first-order chi connectivity index (χ1) is 9.06. The zero-order chi connectivity index (χ0) is 13.8. The largest absolute Gasteiger partial charge is 0.241 e. The summed E-state index contributed by atoms with van der Waals surface area (Å²) in [7, 11) is 0. The third-order valence-electron chi connectivity index (χ3n) is 3.38. The van der Waals surface area contributed by atoms with Gasteiger partial charge in [-0.05, 0) is 43.7 Å². The fourth-order valence-electron chi connectivity index (χ4n) is 2.17. The van der Waals surface area contributed by atoms with E-state index in [1.54, 1.807) is 0 Å². The van der Waals surface area contributed by atoms with Crippen molar-refractivity contribution >= 4 is 0 Å². The van der Waals surface area contributed by atoms with Crippen LogP contribution in [0.1, 0.15) is 37.4 Å². The summed E-state index contributed by atoms with van der Waals surface area (Å²) in [5, 5.41) is 0. The Kier molecular flexibility index (Phi) is 4.31. The molecule has 0 saturated heterocycles. The van der Waals surface area contributed by atoms with Crippen LogP contribution < -0.4 is 0 Å². The number of aryl methyl sites for hydroxylation is 3. The predicted octanol–water partition coefficient (Wildman–Crippen LogP) is 4.35. The zero-order valence-electron chi connectivity index (χ0n) is 12.3. The van der Waals surface area contributed by atoms with E-state index in [9.17, 15) is 0 Å². The molecular formula is C17H22N2. The molecule has 2 rings (SSSR count). The molecule has 2 heteroatoms. The lowest BCUT2D eigenvalue weighted by Gasteiger charge is -2.08. The SMILES string of the molecule is Cc1ncc(-c2ccc(CCC(C)C)cc2)c(C)n1. The Morgan fingerprint density at radius 3 is 2.32 bits per heavy atom. The molecule has 19 heavy (non-hydrogen) atoms. The number of hydrogen-bond acceptors (Lipinski definition) is 2. The number of hydrogen-bond donors (Lipinski definition) is 0. The van der Waals surface area contributed by atoms with Gasteiger partial charge in [0.1, 0.15) is 5.82 Å². The molecule has 2 aromatic rings. The van der Waals surface area contributed by atoms with Crippen LogP contribution in [0.2, 0.25) is 0 Å². The average Bonchev–Trinajstić information content (AvgIpc) is 2.37. The van der Waals surface area contributed by atoms with Gasteiger partial charge in [-0.2, -0.15) is 0 Å². The van der Waals surface area contributed by atoms with Crippen LogP contribution in [-0.4, -0.2) is 9.97 Å². The van der Waals surface area contributed by atoms with E-state index < -0.39 is 0 Å². The van der Waals surface area contributed by atoms with E-state index in [-0.39, 0.29) is 0 Å². The second kappa shape index (κ2) is 5.96. The molecule has 2 nitrogen and oxygen atoms in total. The van der Waals surface area contributed by atoms with E-state index in [1.165, 1.54) is 17.5 Å². The Labute approximate surface area is 115 Å². The van der Waals surface area contributed by atoms with Crippen molar-refractivity contribution in [3.8, 4) is 11.1 Å². The van der Waals surface area contributed by atoms with Gasteiger partial charge < -0.3 is 0 Å². The van der Waals surface area contributed by atoms with Gasteiger partial charge in [0.05, 0.1) is 0 Å². The third kappa shape index (κ3) is 3.63. The first-order valence-corrected chi connectivity index (χ1v) is 6.96. The molecule has 0 radical (unpaired) electrons. The highest BCUT2D eigenvalue weighted by Crippen LogP contribution is 2.22. The smallest absolute Gasteiger partial charge is 0.125 e. The van der Waals surface area contributed by atoms with Crippen LogP contribution in [0.4, 0.5) is 0 Å². The van der Waals surface area contributed by atoms with Gasteiger partial charge >= 0.3 is 0 Å². The van der Waals surface area contributed by atoms with Gasteiger partial charge in [-0.15, -0.1) is 0 Å². The van der Waals surface area contributed by atoms with Gasteiger partial charge in [0.25, 0.3) is 0 Å². The Hall–Kier alpha value is -1.70. The van der Waals surface area contributed by atoms with Gasteiger partial charge in [-0.3, -0.25) is 0 Å². The van der Waals surface area contributed by atoms with Gasteiger partial charge in [0.2, 0.25) is 0 Å². The topological polar surface area (TPSA) is 25.8 Å². The number of rotatable bonds is 4. The van der Waals surface area contributed by atoms with Crippen LogP contribution in [0.3, 0.4) is 0 Å². The predicted molar refractivity (Wildman–Crippen MR) is 80.1 cm³/mol. The van der Waals surface area contributed by atoms with Gasteiger partial charge in [-0.1, -0.05) is 38.1 Å². The molecule has 0 fully saturated rings. The zero-order valence-corrected chi connectivity index (χ0v) is 12.3. The molecule has 0 aliphatic rings. The quantitative estimate of drug-likeness (QED) is 0.810. The number of nitrogens with zero attached hydrogens (tertiary/aromatic N) is 2. The highest BCUT2D eigenvalue weighted by atomic mass is 14.9. The van der Waals surface area contributed by atoms with E-state index in [0.717, 1.165) is 29.4 Å². The first kappa shape index (κ1) is 13.7. The maximum absolute atomic E-state index is 4.42. The Morgan fingerprint density at radius 2 is 1.74 bits per heavy atom. The Bertz CT molecular complexity index is 542. The van der Waals surface area contributed by atoms with Crippen molar-refractivity contribution in [2.24, 2.45) is 5.92 Å². The number of aromatic nitrogens is 2. The molecule has 0 saturated carbocycles. The fourth-order valence-corrected chi connectivity index (χ4v) is 2.17. The van der Waals surface area contributed by atoms with Gasteiger partial charge in [0, 0.05) is 17.5 Å². The molecule has 1 aromatic carbocycles. The summed E-state index contributed by atoms with van der Waals surface area (Å²) in [6, 6.07) is 8.79. The fraction of sp³-hybridized carbons (Fsp3) is 0.412. The van der Waals surface area contributed by atoms with Crippen molar-refractivity contribution < 1.29 is 0 Å². The first-order valence-electron chi connectivity index (χ1n) is 6.96. The highest BCUT2D eigenvalue weighted by molar-refractivity contribution is 5.64. The van der Waals surface area contributed by atoms with Crippen molar-refractivity contribution in [2.45, 2.75) is 40.5 Å². The molecule has 0 atom stereocenters. The second-order valence-electron chi connectivity index (χ2n) is 5.55. The van der Waals surface area contributed by atoms with E-state index in [4.69, 9.17) is 0 Å². The summed E-state index contributed by atoms with van der Waals surface area (Å²) < 4.78 is 0. The van der Waals surface area contributed by atoms with E-state index in [0.29, 0.717) is 0 Å². The van der Waals surface area contributed by atoms with Gasteiger partial charge in [0.15, 0.2) is 0 Å². The molecule has 0 bridgehead atoms. The lowest BCUT2D eigenvalue weighted by molar-refractivity contribution is 0.587. The van der Waals surface area contributed by atoms with Crippen molar-refractivity contribution in [3.63, 3.8) is 0 Å². The van der Waals surface area contributed by atoms with E-state index in [1.807, 2.05) is 20.0 Å². The van der Waals surface area contributed by atoms with Gasteiger partial charge in [-0.25, -0.2) is 9.97 Å². The van der Waals surface area contributed by atoms with E-state index >= 15 is 0 Å². The molecular weight excluding hydrogens is 232 g/mol. The molecule has 0 N–H and O–H groups in total. The molecule has 1 aromatic heterocycles. The van der Waals surface area contributed by atoms with Crippen molar-refractivity contribution in [2.75, 3.05) is 0 Å². The lowest BCUT2D eigenvalue weighted by atomic mass is 9.99. The maximum Gasteiger partial charge on any atom is 0.125 e. The Morgan fingerprint density at radius 1 is 1.05 bits per heavy atom. The van der Waals surface area contributed by atoms with Crippen LogP contribution in [-0.2, 0) is 6.42 Å². The molecule has 0 spiro atoms. The van der Waals surface area contributed by atoms with Crippen LogP contribution in [0.25, 0.3) is 11.1 Å². The lowest BCUT2D eigenvalue weighted by Crippen LogP contribution is -1.95. The minimum atomic E-state index is 0.757. The van der Waals surface area contributed by atoms with Crippen LogP contribution in [0.5, 0.6) is 0 Å². The summed E-state index contributed by atoms with van der Waals surface area (Å²) in [5.74, 6) is 1.59. The summed E-state index contributed by atoms with van der Waals surface area (Å²) in [4.78, 5) is 8.71. The monoisotopic (exact) mass is 254 g/mol. The molecule has 0 unspecified atom stereocenters. The molecule has 0 aliphatic heterocycles. The summed E-state index contributed by atoms with van der Waals surface area (Å²) >= 11 is 0. The summed E-state index contributed by atoms with van der Waals surface area (Å²) in [5.41, 5.74) is 4.78. The molecule has 0 amide bonds. The van der Waals surface area contributed by atoms with Crippen LogP contribution >= 0.6 is 0 Å². The standard InChI is InChI=1S/C17H22N2/c1-12(2)5-6-15-7-9-16(10-8-15)17-11-18-14(4)19-13(17)3/h7-12H,5-6H2,1-4H3. The minimum absolute atomic E-state index is 0.757. The number of benzene rings is 1. The third-order valence-corrected chi connectivity index (χ3v) is 3.38. The summed E-state index contributed by atoms with van der Waals surface area (Å²) in [6.45, 7) is 8.49. The molecule has 100 valence electrons. The molecule has 0 aliphatic carbocycles. The van der Waals surface area contributed by atoms with Crippen LogP contribution in [0, 0.1) is 19.8 Å². The van der Waals surface area contributed by atoms with E-state index in [2.05, 4.69) is 48.1 Å². The van der Waals surface area contributed by atoms with Crippen LogP contribution in [0.15, 0.2) is 30.5 Å². The van der Waals surface area contributed by atoms with Crippen molar-refractivity contribution in [3.05, 3.63) is 47.5 Å². The molecule has 1 heterocycles. The summed E-state index contributed by atoms with van der Waals surface area (Å²) in [6.07, 6.45) is 4.31. The van der Waals surface area contributed by atoms with Crippen molar-refractivity contribution in [1.82, 2.24) is 9.97 Å². The Balaban J connectivity index is 2.18. The highest BCUT2D eigenvalue weighted by Gasteiger charge is 2.04. The average molecular weight is 254 g/mol. The normalized spacial score (nSPS) is 11.0.